The Bertz CT molecular complexity index is 361. The molecule has 2 amide bonds. The van der Waals surface area contributed by atoms with Gasteiger partial charge in [0.2, 0.25) is 0 Å². The van der Waals surface area contributed by atoms with Crippen molar-refractivity contribution >= 4 is 6.03 Å². The number of nitrogens with one attached hydrogen (secondary N) is 1. The van der Waals surface area contributed by atoms with Crippen molar-refractivity contribution in [3.63, 3.8) is 0 Å². The highest BCUT2D eigenvalue weighted by Gasteiger charge is 2.43. The summed E-state index contributed by atoms with van der Waals surface area (Å²) in [6.07, 6.45) is -2.92. The van der Waals surface area contributed by atoms with E-state index in [1.54, 1.807) is 20.8 Å². The third-order valence-corrected chi connectivity index (χ3v) is 3.73. The molecule has 4 nitrogen and oxygen atoms in total. The summed E-state index contributed by atoms with van der Waals surface area (Å²) in [6, 6.07) is -2.49. The number of rotatable bonds is 4. The van der Waals surface area contributed by atoms with Gasteiger partial charge < -0.3 is 15.0 Å². The molecule has 22 heavy (non-hydrogen) atoms. The smallest absolute Gasteiger partial charge is 0.381 e. The van der Waals surface area contributed by atoms with E-state index in [1.807, 2.05) is 0 Å². The van der Waals surface area contributed by atoms with Crippen molar-refractivity contribution in [1.82, 2.24) is 10.2 Å². The standard InChI is InChI=1S/C15H27F3N2O2/c1-14(2,3)9-12(15(16,17)18)19-13(21)20(4)10-11-5-7-22-8-6-11/h11-12H,5-10H2,1-4H3,(H,19,21)/t12-/m0/s1. The van der Waals surface area contributed by atoms with E-state index in [2.05, 4.69) is 5.32 Å². The molecule has 0 aromatic rings. The molecule has 7 heteroatoms. The van der Waals surface area contributed by atoms with Crippen molar-refractivity contribution < 1.29 is 22.7 Å². The largest absolute Gasteiger partial charge is 0.408 e. The van der Waals surface area contributed by atoms with Gasteiger partial charge in [0.15, 0.2) is 0 Å². The minimum absolute atomic E-state index is 0.145. The average Bonchev–Trinajstić information content (AvgIpc) is 2.36. The molecule has 0 radical (unpaired) electrons. The fourth-order valence-electron chi connectivity index (χ4n) is 2.52. The molecule has 1 aliphatic rings. The van der Waals surface area contributed by atoms with Crippen molar-refractivity contribution in [3.8, 4) is 0 Å². The molecule has 1 heterocycles. The van der Waals surface area contributed by atoms with Gasteiger partial charge in [0.05, 0.1) is 0 Å². The lowest BCUT2D eigenvalue weighted by molar-refractivity contribution is -0.159. The molecule has 1 saturated heterocycles. The van der Waals surface area contributed by atoms with Crippen LogP contribution in [0.5, 0.6) is 0 Å². The molecule has 1 N–H and O–H groups in total. The van der Waals surface area contributed by atoms with Gasteiger partial charge in [-0.2, -0.15) is 13.2 Å². The summed E-state index contributed by atoms with van der Waals surface area (Å²) >= 11 is 0. The Morgan fingerprint density at radius 1 is 1.27 bits per heavy atom. The quantitative estimate of drug-likeness (QED) is 0.861. The van der Waals surface area contributed by atoms with Gasteiger partial charge in [0.1, 0.15) is 6.04 Å². The van der Waals surface area contributed by atoms with E-state index in [0.29, 0.717) is 19.8 Å². The molecule has 0 spiro atoms. The van der Waals surface area contributed by atoms with Gasteiger partial charge in [-0.15, -0.1) is 0 Å². The highest BCUT2D eigenvalue weighted by molar-refractivity contribution is 5.74. The predicted molar refractivity (Wildman–Crippen MR) is 78.6 cm³/mol. The predicted octanol–water partition coefficient (Wildman–Crippen LogP) is 3.42. The summed E-state index contributed by atoms with van der Waals surface area (Å²) < 4.78 is 44.5. The van der Waals surface area contributed by atoms with Gasteiger partial charge in [-0.1, -0.05) is 20.8 Å². The second kappa shape index (κ2) is 7.53. The highest BCUT2D eigenvalue weighted by atomic mass is 19.4. The number of alkyl halides is 3. The van der Waals surface area contributed by atoms with Gasteiger partial charge >= 0.3 is 12.2 Å². The van der Waals surface area contributed by atoms with Crippen LogP contribution in [0.25, 0.3) is 0 Å². The van der Waals surface area contributed by atoms with Crippen LogP contribution < -0.4 is 5.32 Å². The van der Waals surface area contributed by atoms with Crippen LogP contribution in [0, 0.1) is 11.3 Å². The van der Waals surface area contributed by atoms with Gasteiger partial charge in [-0.3, -0.25) is 0 Å². The van der Waals surface area contributed by atoms with E-state index in [-0.39, 0.29) is 12.3 Å². The molecule has 1 rings (SSSR count). The number of halogens is 3. The zero-order valence-electron chi connectivity index (χ0n) is 13.8. The van der Waals surface area contributed by atoms with Gasteiger partial charge in [0.25, 0.3) is 0 Å². The van der Waals surface area contributed by atoms with E-state index in [1.165, 1.54) is 11.9 Å². The Hall–Kier alpha value is -0.980. The van der Waals surface area contributed by atoms with E-state index in [9.17, 15) is 18.0 Å². The number of nitrogens with zero attached hydrogens (tertiary/aromatic N) is 1. The summed E-state index contributed by atoms with van der Waals surface area (Å²) in [5.74, 6) is 0.288. The molecule has 0 aliphatic carbocycles. The number of hydrogen-bond acceptors (Lipinski definition) is 2. The first-order valence-corrected chi connectivity index (χ1v) is 7.65. The molecule has 0 saturated carbocycles. The lowest BCUT2D eigenvalue weighted by Gasteiger charge is -2.31. The third-order valence-electron chi connectivity index (χ3n) is 3.73. The maximum Gasteiger partial charge on any atom is 0.408 e. The molecular formula is C15H27F3N2O2. The van der Waals surface area contributed by atoms with Crippen LogP contribution in [0.3, 0.4) is 0 Å². The van der Waals surface area contributed by atoms with Crippen LogP contribution in [0.1, 0.15) is 40.0 Å². The zero-order chi connectivity index (χ0) is 17.0. The molecule has 1 aliphatic heterocycles. The van der Waals surface area contributed by atoms with Crippen LogP contribution >= 0.6 is 0 Å². The third kappa shape index (κ3) is 6.85. The Labute approximate surface area is 130 Å². The molecule has 0 aromatic carbocycles. The Morgan fingerprint density at radius 2 is 1.82 bits per heavy atom. The molecule has 0 unspecified atom stereocenters. The van der Waals surface area contributed by atoms with Crippen LogP contribution in [0.4, 0.5) is 18.0 Å². The van der Waals surface area contributed by atoms with Gasteiger partial charge in [0, 0.05) is 26.8 Å². The van der Waals surface area contributed by atoms with Crippen LogP contribution in [-0.2, 0) is 4.74 Å². The molecular weight excluding hydrogens is 297 g/mol. The van der Waals surface area contributed by atoms with Crippen LogP contribution in [0.2, 0.25) is 0 Å². The maximum absolute atomic E-state index is 13.1. The number of carbonyl (C=O) groups is 1. The first-order chi connectivity index (χ1) is 9.99. The summed E-state index contributed by atoms with van der Waals surface area (Å²) in [5.41, 5.74) is -0.521. The van der Waals surface area contributed by atoms with Gasteiger partial charge in [-0.25, -0.2) is 4.79 Å². The first-order valence-electron chi connectivity index (χ1n) is 7.65. The van der Waals surface area contributed by atoms with Crippen LogP contribution in [-0.4, -0.2) is 50.0 Å². The zero-order valence-corrected chi connectivity index (χ0v) is 13.8. The van der Waals surface area contributed by atoms with Crippen molar-refractivity contribution in [1.29, 1.82) is 0 Å². The summed E-state index contributed by atoms with van der Waals surface area (Å²) in [4.78, 5) is 13.4. The van der Waals surface area contributed by atoms with Gasteiger partial charge in [-0.05, 0) is 30.6 Å². The second-order valence-electron chi connectivity index (χ2n) is 7.24. The van der Waals surface area contributed by atoms with Crippen LogP contribution in [0.15, 0.2) is 0 Å². The molecule has 1 atom stereocenters. The SMILES string of the molecule is CN(CC1CCOCC1)C(=O)N[C@@H](CC(C)(C)C)C(F)(F)F. The number of urea groups is 1. The van der Waals surface area contributed by atoms with Crippen molar-refractivity contribution in [3.05, 3.63) is 0 Å². The van der Waals surface area contributed by atoms with E-state index in [4.69, 9.17) is 4.74 Å². The van der Waals surface area contributed by atoms with E-state index < -0.39 is 23.7 Å². The topological polar surface area (TPSA) is 41.6 Å². The molecule has 0 bridgehead atoms. The average molecular weight is 324 g/mol. The number of ether oxygens (including phenoxy) is 1. The number of amides is 2. The van der Waals surface area contributed by atoms with Crippen molar-refractivity contribution in [2.45, 2.75) is 52.3 Å². The Balaban J connectivity index is 2.57. The monoisotopic (exact) mass is 324 g/mol. The Morgan fingerprint density at radius 3 is 2.27 bits per heavy atom. The normalized spacial score (nSPS) is 18.9. The number of hydrogen-bond donors (Lipinski definition) is 1. The summed E-state index contributed by atoms with van der Waals surface area (Å²) in [5, 5.41) is 2.13. The number of carbonyl (C=O) groups excluding carboxylic acids is 1. The second-order valence-corrected chi connectivity index (χ2v) is 7.24. The first kappa shape index (κ1) is 19.1. The Kier molecular flexibility index (Phi) is 6.52. The fourth-order valence-corrected chi connectivity index (χ4v) is 2.52. The summed E-state index contributed by atoms with van der Waals surface area (Å²) in [7, 11) is 1.54. The lowest BCUT2D eigenvalue weighted by Crippen LogP contribution is -2.52. The maximum atomic E-state index is 13.1. The summed E-state index contributed by atoms with van der Waals surface area (Å²) in [6.45, 7) is 6.93. The van der Waals surface area contributed by atoms with Crippen molar-refractivity contribution in [2.24, 2.45) is 11.3 Å². The molecule has 1 fully saturated rings. The van der Waals surface area contributed by atoms with Crippen molar-refractivity contribution in [2.75, 3.05) is 26.8 Å². The fraction of sp³-hybridized carbons (Fsp3) is 0.933. The highest BCUT2D eigenvalue weighted by Crippen LogP contribution is 2.30. The lowest BCUT2D eigenvalue weighted by atomic mass is 9.88. The van der Waals surface area contributed by atoms with E-state index >= 15 is 0 Å². The molecule has 130 valence electrons. The minimum Gasteiger partial charge on any atom is -0.381 e. The minimum atomic E-state index is -4.44. The molecule has 0 aromatic heterocycles. The van der Waals surface area contributed by atoms with E-state index in [0.717, 1.165) is 12.8 Å².